The lowest BCUT2D eigenvalue weighted by molar-refractivity contribution is -0.384. The molecule has 0 aromatic heterocycles. The van der Waals surface area contributed by atoms with Crippen molar-refractivity contribution in [3.8, 4) is 5.75 Å². The van der Waals surface area contributed by atoms with Gasteiger partial charge in [-0.25, -0.2) is 0 Å². The smallest absolute Gasteiger partial charge is 0.296 e. The van der Waals surface area contributed by atoms with Crippen LogP contribution in [0, 0.1) is 22.0 Å². The number of hydrogen-bond donors (Lipinski definition) is 1. The van der Waals surface area contributed by atoms with Crippen LogP contribution < -0.4 is 10.1 Å². The van der Waals surface area contributed by atoms with E-state index < -0.39 is 10.8 Å². The van der Waals surface area contributed by atoms with Crippen molar-refractivity contribution in [2.24, 2.45) is 11.8 Å². The van der Waals surface area contributed by atoms with Crippen molar-refractivity contribution < 1.29 is 24.0 Å². The minimum absolute atomic E-state index is 0.0888. The van der Waals surface area contributed by atoms with E-state index in [9.17, 15) is 24.5 Å². The first kappa shape index (κ1) is 21.5. The van der Waals surface area contributed by atoms with Crippen LogP contribution in [0.1, 0.15) is 46.4 Å². The number of carbonyl (C=O) groups is 3. The molecule has 2 aromatic carbocycles. The zero-order chi connectivity index (χ0) is 22.8. The Balaban J connectivity index is 1.52. The molecule has 1 saturated carbocycles. The molecule has 1 fully saturated rings. The van der Waals surface area contributed by atoms with Gasteiger partial charge >= 0.3 is 0 Å². The second-order valence-electron chi connectivity index (χ2n) is 8.05. The maximum Gasteiger partial charge on any atom is 0.296 e. The number of hydrogen-bond acceptors (Lipinski definition) is 6. The number of methoxy groups -OCH3 is 1. The molecule has 1 heterocycles. The van der Waals surface area contributed by atoms with Crippen molar-refractivity contribution in [1.29, 1.82) is 0 Å². The summed E-state index contributed by atoms with van der Waals surface area (Å²) < 4.78 is 5.03. The molecular formula is C23H23N3O6. The van der Waals surface area contributed by atoms with Crippen LogP contribution in [0.25, 0.3) is 0 Å². The highest BCUT2D eigenvalue weighted by Crippen LogP contribution is 2.35. The molecule has 1 N–H and O–H groups in total. The van der Waals surface area contributed by atoms with E-state index in [0.29, 0.717) is 29.7 Å². The normalized spacial score (nSPS) is 20.1. The number of rotatable bonds is 6. The molecule has 1 aliphatic heterocycles. The number of fused-ring (bicyclic) bond motifs is 1. The first-order valence-corrected chi connectivity index (χ1v) is 10.5. The van der Waals surface area contributed by atoms with Crippen LogP contribution >= 0.6 is 0 Å². The summed E-state index contributed by atoms with van der Waals surface area (Å²) in [6, 6.07) is 10.9. The fourth-order valence-electron chi connectivity index (χ4n) is 4.53. The third kappa shape index (κ3) is 3.93. The van der Waals surface area contributed by atoms with Gasteiger partial charge in [-0.15, -0.1) is 0 Å². The largest absolute Gasteiger partial charge is 0.496 e. The Morgan fingerprint density at radius 3 is 2.41 bits per heavy atom. The van der Waals surface area contributed by atoms with Gasteiger partial charge in [0.1, 0.15) is 11.4 Å². The summed E-state index contributed by atoms with van der Waals surface area (Å²) in [5.41, 5.74) is 0.586. The average Bonchev–Trinajstić information content (AvgIpc) is 3.04. The molecule has 2 unspecified atom stereocenters. The molecule has 3 amide bonds. The number of carbonyl (C=O) groups excluding carboxylic acids is 3. The van der Waals surface area contributed by atoms with E-state index in [-0.39, 0.29) is 41.6 Å². The number of nitro benzene ring substituents is 1. The number of nitrogens with one attached hydrogen (secondary N) is 1. The fourth-order valence-corrected chi connectivity index (χ4v) is 4.53. The molecule has 0 bridgehead atoms. The molecule has 0 radical (unpaired) electrons. The van der Waals surface area contributed by atoms with Gasteiger partial charge in [0.15, 0.2) is 0 Å². The van der Waals surface area contributed by atoms with Crippen molar-refractivity contribution in [1.82, 2.24) is 4.90 Å². The molecule has 2 atom stereocenters. The number of nitrogens with zero attached hydrogens (tertiary/aromatic N) is 2. The summed E-state index contributed by atoms with van der Waals surface area (Å²) in [5.74, 6) is -1.41. The standard InChI is InChI=1S/C23H23N3O6/c1-32-15-10-11-19(20(12-15)26(30)31)24-21(27)16-7-3-2-6-14(16)13-25-22(28)17-8-4-5-9-18(17)23(25)29/h4-5,8-12,14,16H,2-3,6-7,13H2,1H3,(H,24,27). The number of amides is 3. The molecule has 9 nitrogen and oxygen atoms in total. The monoisotopic (exact) mass is 437 g/mol. The molecule has 166 valence electrons. The number of benzene rings is 2. The molecule has 1 aliphatic carbocycles. The highest BCUT2D eigenvalue weighted by atomic mass is 16.6. The minimum Gasteiger partial charge on any atom is -0.496 e. The van der Waals surface area contributed by atoms with E-state index in [1.165, 1.54) is 24.1 Å². The predicted molar refractivity (Wildman–Crippen MR) is 116 cm³/mol. The van der Waals surface area contributed by atoms with Crippen molar-refractivity contribution in [3.05, 3.63) is 63.7 Å². The van der Waals surface area contributed by atoms with E-state index in [1.54, 1.807) is 30.3 Å². The van der Waals surface area contributed by atoms with E-state index in [0.717, 1.165) is 12.8 Å². The summed E-state index contributed by atoms with van der Waals surface area (Å²) >= 11 is 0. The van der Waals surface area contributed by atoms with Gasteiger partial charge in [0.2, 0.25) is 5.91 Å². The molecule has 32 heavy (non-hydrogen) atoms. The van der Waals surface area contributed by atoms with Gasteiger partial charge in [0.05, 0.1) is 29.2 Å². The minimum atomic E-state index is -0.574. The maximum atomic E-state index is 13.1. The lowest BCUT2D eigenvalue weighted by Crippen LogP contribution is -2.41. The van der Waals surface area contributed by atoms with Gasteiger partial charge in [0, 0.05) is 12.5 Å². The predicted octanol–water partition coefficient (Wildman–Crippen LogP) is 3.64. The highest BCUT2D eigenvalue weighted by Gasteiger charge is 2.40. The lowest BCUT2D eigenvalue weighted by atomic mass is 9.78. The summed E-state index contributed by atoms with van der Waals surface area (Å²) in [6.07, 6.45) is 3.00. The Morgan fingerprint density at radius 2 is 1.78 bits per heavy atom. The molecule has 0 spiro atoms. The van der Waals surface area contributed by atoms with Crippen LogP contribution in [-0.4, -0.2) is 41.2 Å². The number of imide groups is 1. The molecule has 2 aromatic rings. The Morgan fingerprint density at radius 1 is 1.12 bits per heavy atom. The highest BCUT2D eigenvalue weighted by molar-refractivity contribution is 6.21. The molecular weight excluding hydrogens is 414 g/mol. The number of ether oxygens (including phenoxy) is 1. The van der Waals surface area contributed by atoms with Crippen molar-refractivity contribution in [2.75, 3.05) is 19.0 Å². The lowest BCUT2D eigenvalue weighted by Gasteiger charge is -2.32. The van der Waals surface area contributed by atoms with Crippen LogP contribution in [0.3, 0.4) is 0 Å². The van der Waals surface area contributed by atoms with Gasteiger partial charge in [0.25, 0.3) is 17.5 Å². The van der Waals surface area contributed by atoms with Gasteiger partial charge in [-0.1, -0.05) is 25.0 Å². The fraction of sp³-hybridized carbons (Fsp3) is 0.348. The van der Waals surface area contributed by atoms with Crippen LogP contribution in [0.5, 0.6) is 5.75 Å². The third-order valence-corrected chi connectivity index (χ3v) is 6.20. The van der Waals surface area contributed by atoms with Crippen LogP contribution in [0.15, 0.2) is 42.5 Å². The van der Waals surface area contributed by atoms with Gasteiger partial charge in [-0.3, -0.25) is 29.4 Å². The quantitative estimate of drug-likeness (QED) is 0.419. The SMILES string of the molecule is COc1ccc(NC(=O)C2CCCCC2CN2C(=O)c3ccccc3C2=O)c([N+](=O)[O-])c1. The van der Waals surface area contributed by atoms with Crippen LogP contribution in [-0.2, 0) is 4.79 Å². The second-order valence-corrected chi connectivity index (χ2v) is 8.05. The Bertz CT molecular complexity index is 1060. The van der Waals surface area contributed by atoms with Crippen molar-refractivity contribution in [2.45, 2.75) is 25.7 Å². The van der Waals surface area contributed by atoms with E-state index in [4.69, 9.17) is 4.74 Å². The topological polar surface area (TPSA) is 119 Å². The van der Waals surface area contributed by atoms with Crippen molar-refractivity contribution >= 4 is 29.1 Å². The summed E-state index contributed by atoms with van der Waals surface area (Å²) in [5, 5.41) is 14.1. The molecule has 2 aliphatic rings. The van der Waals surface area contributed by atoms with Gasteiger partial charge in [-0.05, 0) is 43.0 Å². The summed E-state index contributed by atoms with van der Waals surface area (Å²) in [7, 11) is 1.41. The summed E-state index contributed by atoms with van der Waals surface area (Å²) in [6.45, 7) is 0.148. The van der Waals surface area contributed by atoms with E-state index in [1.807, 2.05) is 0 Å². The summed E-state index contributed by atoms with van der Waals surface area (Å²) in [4.78, 5) is 50.7. The maximum absolute atomic E-state index is 13.1. The molecule has 0 saturated heterocycles. The third-order valence-electron chi connectivity index (χ3n) is 6.20. The Labute approximate surface area is 184 Å². The van der Waals surface area contributed by atoms with Gasteiger partial charge in [-0.2, -0.15) is 0 Å². The van der Waals surface area contributed by atoms with E-state index in [2.05, 4.69) is 5.32 Å². The Kier molecular flexibility index (Phi) is 5.89. The van der Waals surface area contributed by atoms with Crippen LogP contribution in [0.4, 0.5) is 11.4 Å². The van der Waals surface area contributed by atoms with Gasteiger partial charge < -0.3 is 10.1 Å². The first-order chi connectivity index (χ1) is 15.4. The zero-order valence-electron chi connectivity index (χ0n) is 17.6. The number of nitro groups is 1. The number of anilines is 1. The van der Waals surface area contributed by atoms with E-state index >= 15 is 0 Å². The molecule has 4 rings (SSSR count). The second kappa shape index (κ2) is 8.78. The average molecular weight is 437 g/mol. The molecule has 9 heteroatoms. The first-order valence-electron chi connectivity index (χ1n) is 10.5. The zero-order valence-corrected chi connectivity index (χ0v) is 17.6. The Hall–Kier alpha value is -3.75. The van der Waals surface area contributed by atoms with Crippen LogP contribution in [0.2, 0.25) is 0 Å². The van der Waals surface area contributed by atoms with Crippen molar-refractivity contribution in [3.63, 3.8) is 0 Å².